The van der Waals surface area contributed by atoms with Gasteiger partial charge in [-0.3, -0.25) is 9.20 Å². The quantitative estimate of drug-likeness (QED) is 0.531. The minimum atomic E-state index is -0.0630. The largest absolute Gasteiger partial charge is 0.325 e. The minimum absolute atomic E-state index is 0.0630. The molecule has 0 aliphatic carbocycles. The molecule has 1 amide bonds. The highest BCUT2D eigenvalue weighted by atomic mass is 32.2. The molecule has 0 fully saturated rings. The van der Waals surface area contributed by atoms with Gasteiger partial charge in [0.15, 0.2) is 10.8 Å². The molecule has 2 aromatic carbocycles. The van der Waals surface area contributed by atoms with Gasteiger partial charge in [-0.05, 0) is 56.2 Å². The summed E-state index contributed by atoms with van der Waals surface area (Å²) in [5.41, 5.74) is 6.28. The Morgan fingerprint density at radius 1 is 1.04 bits per heavy atom. The highest BCUT2D eigenvalue weighted by molar-refractivity contribution is 7.99. The van der Waals surface area contributed by atoms with Gasteiger partial charge >= 0.3 is 0 Å². The van der Waals surface area contributed by atoms with Gasteiger partial charge in [0, 0.05) is 11.1 Å². The van der Waals surface area contributed by atoms with E-state index < -0.39 is 0 Å². The van der Waals surface area contributed by atoms with Crippen molar-refractivity contribution in [2.75, 3.05) is 11.1 Å². The average molecular weight is 376 g/mol. The minimum Gasteiger partial charge on any atom is -0.325 e. The third kappa shape index (κ3) is 3.40. The molecule has 0 bridgehead atoms. The summed E-state index contributed by atoms with van der Waals surface area (Å²) in [5.74, 6) is 0.211. The molecule has 0 radical (unpaired) electrons. The molecule has 4 aromatic rings. The van der Waals surface area contributed by atoms with Gasteiger partial charge in [-0.15, -0.1) is 10.2 Å². The first kappa shape index (κ1) is 17.5. The number of rotatable bonds is 4. The molecule has 0 aliphatic rings. The zero-order valence-electron chi connectivity index (χ0n) is 15.5. The Bertz CT molecular complexity index is 1150. The van der Waals surface area contributed by atoms with Crippen molar-refractivity contribution in [1.29, 1.82) is 0 Å². The fourth-order valence-corrected chi connectivity index (χ4v) is 4.10. The SMILES string of the molecule is Cc1cc(C)c2c(c1)c(C)cc1nnc(SCC(=O)Nc3ccccc3)n12. The van der Waals surface area contributed by atoms with E-state index in [4.69, 9.17) is 0 Å². The van der Waals surface area contributed by atoms with Crippen molar-refractivity contribution >= 4 is 39.9 Å². The lowest BCUT2D eigenvalue weighted by atomic mass is 10.0. The molecule has 136 valence electrons. The van der Waals surface area contributed by atoms with Crippen LogP contribution in [0.4, 0.5) is 5.69 Å². The zero-order chi connectivity index (χ0) is 19.0. The van der Waals surface area contributed by atoms with Crippen molar-refractivity contribution in [1.82, 2.24) is 14.6 Å². The molecule has 2 aromatic heterocycles. The van der Waals surface area contributed by atoms with Crippen molar-refractivity contribution in [3.63, 3.8) is 0 Å². The number of hydrogen-bond acceptors (Lipinski definition) is 4. The smallest absolute Gasteiger partial charge is 0.234 e. The average Bonchev–Trinajstić information content (AvgIpc) is 3.03. The maximum atomic E-state index is 12.3. The summed E-state index contributed by atoms with van der Waals surface area (Å²) in [7, 11) is 0. The van der Waals surface area contributed by atoms with Gasteiger partial charge in [-0.25, -0.2) is 0 Å². The number of nitrogens with one attached hydrogen (secondary N) is 1. The molecular formula is C21H20N4OS. The normalized spacial score (nSPS) is 11.2. The van der Waals surface area contributed by atoms with E-state index >= 15 is 0 Å². The van der Waals surface area contributed by atoms with Crippen LogP contribution in [0.3, 0.4) is 0 Å². The van der Waals surface area contributed by atoms with Crippen LogP contribution < -0.4 is 5.32 Å². The number of carbonyl (C=O) groups is 1. The number of fused-ring (bicyclic) bond motifs is 3. The van der Waals surface area contributed by atoms with Crippen molar-refractivity contribution in [2.24, 2.45) is 0 Å². The van der Waals surface area contributed by atoms with Crippen LogP contribution in [-0.4, -0.2) is 26.3 Å². The van der Waals surface area contributed by atoms with Crippen LogP contribution in [0.5, 0.6) is 0 Å². The Balaban J connectivity index is 1.67. The third-order valence-electron chi connectivity index (χ3n) is 4.49. The second kappa shape index (κ2) is 7.04. The van der Waals surface area contributed by atoms with E-state index in [9.17, 15) is 4.79 Å². The molecule has 0 spiro atoms. The predicted octanol–water partition coefficient (Wildman–Crippen LogP) is 4.54. The Hall–Kier alpha value is -2.86. The van der Waals surface area contributed by atoms with Gasteiger partial charge in [0.25, 0.3) is 0 Å². The van der Waals surface area contributed by atoms with E-state index in [1.807, 2.05) is 36.4 Å². The number of hydrogen-bond donors (Lipinski definition) is 1. The van der Waals surface area contributed by atoms with Gasteiger partial charge in [0.05, 0.1) is 11.3 Å². The zero-order valence-corrected chi connectivity index (χ0v) is 16.3. The number of pyridine rings is 1. The summed E-state index contributed by atoms with van der Waals surface area (Å²) in [6.07, 6.45) is 0. The molecule has 0 unspecified atom stereocenters. The number of thioether (sulfide) groups is 1. The lowest BCUT2D eigenvalue weighted by Gasteiger charge is -2.11. The van der Waals surface area contributed by atoms with E-state index in [0.717, 1.165) is 22.0 Å². The topological polar surface area (TPSA) is 59.3 Å². The standard InChI is InChI=1S/C21H20N4OS/c1-13-9-15(3)20-17(10-13)14(2)11-18-23-24-21(25(18)20)27-12-19(26)22-16-7-5-4-6-8-16/h4-11H,12H2,1-3H3,(H,22,26). The first-order valence-electron chi connectivity index (χ1n) is 8.76. The van der Waals surface area contributed by atoms with Crippen LogP contribution in [0, 0.1) is 20.8 Å². The summed E-state index contributed by atoms with van der Waals surface area (Å²) < 4.78 is 2.05. The molecule has 0 aliphatic heterocycles. The highest BCUT2D eigenvalue weighted by Crippen LogP contribution is 2.29. The molecule has 4 rings (SSSR count). The van der Waals surface area contributed by atoms with Crippen LogP contribution in [0.25, 0.3) is 16.6 Å². The lowest BCUT2D eigenvalue weighted by Crippen LogP contribution is -2.14. The van der Waals surface area contributed by atoms with Crippen LogP contribution in [0.1, 0.15) is 16.7 Å². The van der Waals surface area contributed by atoms with E-state index in [0.29, 0.717) is 0 Å². The number of nitrogens with zero attached hydrogens (tertiary/aromatic N) is 3. The molecule has 6 heteroatoms. The van der Waals surface area contributed by atoms with E-state index in [-0.39, 0.29) is 11.7 Å². The third-order valence-corrected chi connectivity index (χ3v) is 5.42. The maximum absolute atomic E-state index is 12.3. The van der Waals surface area contributed by atoms with Gasteiger partial charge in [-0.1, -0.05) is 41.6 Å². The monoisotopic (exact) mass is 376 g/mol. The fraction of sp³-hybridized carbons (Fsp3) is 0.190. The first-order chi connectivity index (χ1) is 13.0. The van der Waals surface area contributed by atoms with E-state index in [2.05, 4.69) is 52.8 Å². The second-order valence-corrected chi connectivity index (χ2v) is 7.63. The van der Waals surface area contributed by atoms with Gasteiger partial charge in [0.1, 0.15) is 0 Å². The second-order valence-electron chi connectivity index (χ2n) is 6.68. The fourth-order valence-electron chi connectivity index (χ4n) is 3.36. The number of carbonyl (C=O) groups excluding carboxylic acids is 1. The molecule has 5 nitrogen and oxygen atoms in total. The summed E-state index contributed by atoms with van der Waals surface area (Å²) in [6.45, 7) is 6.30. The lowest BCUT2D eigenvalue weighted by molar-refractivity contribution is -0.113. The highest BCUT2D eigenvalue weighted by Gasteiger charge is 2.15. The number of amides is 1. The molecule has 0 saturated carbocycles. The number of benzene rings is 2. The van der Waals surface area contributed by atoms with Gasteiger partial charge in [-0.2, -0.15) is 0 Å². The Labute approximate surface area is 161 Å². The van der Waals surface area contributed by atoms with Crippen molar-refractivity contribution in [3.05, 3.63) is 65.2 Å². The Kier molecular flexibility index (Phi) is 4.58. The number of aromatic nitrogens is 3. The molecule has 0 saturated heterocycles. The number of para-hydroxylation sites is 1. The predicted molar refractivity (Wildman–Crippen MR) is 110 cm³/mol. The van der Waals surface area contributed by atoms with Crippen molar-refractivity contribution in [3.8, 4) is 0 Å². The Morgan fingerprint density at radius 2 is 1.81 bits per heavy atom. The maximum Gasteiger partial charge on any atom is 0.234 e. The summed E-state index contributed by atoms with van der Waals surface area (Å²) in [4.78, 5) is 12.3. The van der Waals surface area contributed by atoms with Crippen molar-refractivity contribution in [2.45, 2.75) is 25.9 Å². The summed E-state index contributed by atoms with van der Waals surface area (Å²) >= 11 is 1.39. The molecule has 2 heterocycles. The molecular weight excluding hydrogens is 356 g/mol. The van der Waals surface area contributed by atoms with Gasteiger partial charge < -0.3 is 5.32 Å². The van der Waals surface area contributed by atoms with Crippen LogP contribution in [-0.2, 0) is 4.79 Å². The van der Waals surface area contributed by atoms with Crippen molar-refractivity contribution < 1.29 is 4.79 Å². The number of aryl methyl sites for hydroxylation is 3. The molecule has 0 atom stereocenters. The summed E-state index contributed by atoms with van der Waals surface area (Å²) in [5, 5.41) is 13.5. The van der Waals surface area contributed by atoms with Gasteiger partial charge in [0.2, 0.25) is 5.91 Å². The summed E-state index contributed by atoms with van der Waals surface area (Å²) in [6, 6.07) is 15.9. The van der Waals surface area contributed by atoms with E-state index in [1.54, 1.807) is 0 Å². The van der Waals surface area contributed by atoms with E-state index in [1.165, 1.54) is 33.8 Å². The van der Waals surface area contributed by atoms with Crippen LogP contribution in [0.2, 0.25) is 0 Å². The van der Waals surface area contributed by atoms with Crippen LogP contribution in [0.15, 0.2) is 53.7 Å². The number of anilines is 1. The molecule has 1 N–H and O–H groups in total. The molecule has 27 heavy (non-hydrogen) atoms. The Morgan fingerprint density at radius 3 is 2.59 bits per heavy atom. The van der Waals surface area contributed by atoms with Crippen LogP contribution >= 0.6 is 11.8 Å². The first-order valence-corrected chi connectivity index (χ1v) is 9.75.